The molecule has 1 fully saturated rings. The highest BCUT2D eigenvalue weighted by molar-refractivity contribution is 6.03. The van der Waals surface area contributed by atoms with Crippen LogP contribution in [0.3, 0.4) is 0 Å². The van der Waals surface area contributed by atoms with Crippen molar-refractivity contribution in [1.82, 2.24) is 0 Å². The summed E-state index contributed by atoms with van der Waals surface area (Å²) in [7, 11) is 0. The molecule has 0 aliphatic heterocycles. The molecule has 0 bridgehead atoms. The summed E-state index contributed by atoms with van der Waals surface area (Å²) in [4.78, 5) is 24.7. The van der Waals surface area contributed by atoms with Gasteiger partial charge in [-0.3, -0.25) is 9.59 Å². The van der Waals surface area contributed by atoms with Gasteiger partial charge in [-0.05, 0) is 43.3 Å². The first-order chi connectivity index (χ1) is 12.8. The van der Waals surface area contributed by atoms with Crippen LogP contribution >= 0.6 is 0 Å². The van der Waals surface area contributed by atoms with E-state index in [0.717, 1.165) is 0 Å². The third-order valence-corrected chi connectivity index (χ3v) is 5.38. The molecule has 0 saturated heterocycles. The van der Waals surface area contributed by atoms with Crippen LogP contribution in [0.25, 0.3) is 0 Å². The molecule has 1 saturated carbocycles. The zero-order valence-corrected chi connectivity index (χ0v) is 15.7. The van der Waals surface area contributed by atoms with Crippen LogP contribution in [0.15, 0.2) is 47.1 Å². The van der Waals surface area contributed by atoms with Crippen molar-refractivity contribution in [2.75, 3.05) is 17.2 Å². The molecule has 3 rings (SSSR count). The van der Waals surface area contributed by atoms with E-state index in [0.29, 0.717) is 24.4 Å². The molecule has 4 N–H and O–H groups in total. The summed E-state index contributed by atoms with van der Waals surface area (Å²) in [5.41, 5.74) is 6.14. The number of hydrogen-bond donors (Lipinski definition) is 3. The lowest BCUT2D eigenvalue weighted by Gasteiger charge is -2.57. The number of rotatable bonds is 6. The number of ether oxygens (including phenoxy) is 1. The number of carbonyl (C=O) groups excluding carboxylic acids is 2. The van der Waals surface area contributed by atoms with Gasteiger partial charge in [0.05, 0.1) is 12.4 Å². The van der Waals surface area contributed by atoms with Gasteiger partial charge in [-0.2, -0.15) is 0 Å². The smallest absolute Gasteiger partial charge is 0.291 e. The molecule has 27 heavy (non-hydrogen) atoms. The lowest BCUT2D eigenvalue weighted by atomic mass is 9.54. The van der Waals surface area contributed by atoms with E-state index in [1.165, 1.54) is 6.26 Å². The first-order valence-electron chi connectivity index (χ1n) is 8.95. The highest BCUT2D eigenvalue weighted by atomic mass is 16.5. The second-order valence-electron chi connectivity index (χ2n) is 7.30. The summed E-state index contributed by atoms with van der Waals surface area (Å²) in [6.07, 6.45) is 1.89. The Kier molecular flexibility index (Phi) is 5.08. The molecule has 2 unspecified atom stereocenters. The number of carbonyl (C=O) groups is 2. The van der Waals surface area contributed by atoms with Crippen LogP contribution in [0.4, 0.5) is 11.4 Å². The Hall–Kier alpha value is -2.64. The van der Waals surface area contributed by atoms with Crippen LogP contribution in [0.5, 0.6) is 0 Å². The van der Waals surface area contributed by atoms with Crippen LogP contribution in [0, 0.1) is 5.41 Å². The fourth-order valence-electron chi connectivity index (χ4n) is 3.30. The highest BCUT2D eigenvalue weighted by Gasteiger charge is 2.62. The molecule has 1 aliphatic rings. The number of anilines is 2. The molecule has 1 heterocycles. The maximum Gasteiger partial charge on any atom is 0.291 e. The van der Waals surface area contributed by atoms with E-state index < -0.39 is 11.0 Å². The van der Waals surface area contributed by atoms with Crippen molar-refractivity contribution in [3.63, 3.8) is 0 Å². The maximum absolute atomic E-state index is 12.7. The van der Waals surface area contributed by atoms with Crippen LogP contribution in [0.1, 0.15) is 37.7 Å². The standard InChI is InChI=1S/C20H25N3O4/c1-4-26-16-12-20(21,19(16,2)3)18(25)23-14-9-7-13(8-10-14)22-17(24)15-6-5-11-27-15/h5-11,16H,4,12,21H2,1-3H3,(H,22,24)(H,23,25). The van der Waals surface area contributed by atoms with Crippen LogP contribution < -0.4 is 16.4 Å². The Morgan fingerprint density at radius 2 is 1.81 bits per heavy atom. The van der Waals surface area contributed by atoms with Gasteiger partial charge in [0.15, 0.2) is 5.76 Å². The fourth-order valence-corrected chi connectivity index (χ4v) is 3.30. The minimum absolute atomic E-state index is 0.0301. The van der Waals surface area contributed by atoms with E-state index >= 15 is 0 Å². The summed E-state index contributed by atoms with van der Waals surface area (Å²) >= 11 is 0. The van der Waals surface area contributed by atoms with E-state index in [9.17, 15) is 9.59 Å². The van der Waals surface area contributed by atoms with Crippen molar-refractivity contribution in [1.29, 1.82) is 0 Å². The first kappa shape index (κ1) is 19.1. The third-order valence-electron chi connectivity index (χ3n) is 5.38. The highest BCUT2D eigenvalue weighted by Crippen LogP contribution is 2.50. The van der Waals surface area contributed by atoms with Gasteiger partial charge in [-0.1, -0.05) is 13.8 Å². The molecule has 2 atom stereocenters. The average Bonchev–Trinajstić information content (AvgIpc) is 3.17. The molecule has 144 valence electrons. The van der Waals surface area contributed by atoms with E-state index in [1.54, 1.807) is 36.4 Å². The second kappa shape index (κ2) is 7.17. The molecule has 2 aromatic rings. The minimum atomic E-state index is -0.987. The number of nitrogens with two attached hydrogens (primary N) is 1. The van der Waals surface area contributed by atoms with Crippen LogP contribution in [-0.4, -0.2) is 30.1 Å². The molecule has 1 aromatic heterocycles. The topological polar surface area (TPSA) is 107 Å². The largest absolute Gasteiger partial charge is 0.459 e. The van der Waals surface area contributed by atoms with Crippen molar-refractivity contribution in [3.8, 4) is 0 Å². The van der Waals surface area contributed by atoms with Crippen LogP contribution in [0.2, 0.25) is 0 Å². The maximum atomic E-state index is 12.7. The molecular weight excluding hydrogens is 346 g/mol. The molecule has 1 aliphatic carbocycles. The van der Waals surface area contributed by atoms with E-state index in [4.69, 9.17) is 14.9 Å². The van der Waals surface area contributed by atoms with E-state index in [2.05, 4.69) is 10.6 Å². The Morgan fingerprint density at radius 3 is 2.33 bits per heavy atom. The quantitative estimate of drug-likeness (QED) is 0.724. The first-order valence-corrected chi connectivity index (χ1v) is 8.95. The molecule has 7 nitrogen and oxygen atoms in total. The zero-order valence-electron chi connectivity index (χ0n) is 15.7. The number of hydrogen-bond acceptors (Lipinski definition) is 5. The molecule has 0 spiro atoms. The van der Waals surface area contributed by atoms with E-state index in [-0.39, 0.29) is 23.7 Å². The fraction of sp³-hybridized carbons (Fsp3) is 0.400. The van der Waals surface area contributed by atoms with Gasteiger partial charge in [0.1, 0.15) is 5.54 Å². The van der Waals surface area contributed by atoms with Crippen molar-refractivity contribution in [2.45, 2.75) is 38.8 Å². The normalized spacial score (nSPS) is 23.3. The van der Waals surface area contributed by atoms with Crippen molar-refractivity contribution >= 4 is 23.2 Å². The van der Waals surface area contributed by atoms with Gasteiger partial charge in [-0.15, -0.1) is 0 Å². The average molecular weight is 371 g/mol. The lowest BCUT2D eigenvalue weighted by Crippen LogP contribution is -2.74. The Morgan fingerprint density at radius 1 is 1.19 bits per heavy atom. The molecule has 0 radical (unpaired) electrons. The summed E-state index contributed by atoms with van der Waals surface area (Å²) in [5, 5.41) is 5.58. The van der Waals surface area contributed by atoms with Crippen molar-refractivity contribution < 1.29 is 18.7 Å². The SMILES string of the molecule is CCOC1CC(N)(C(=O)Nc2ccc(NC(=O)c3ccco3)cc2)C1(C)C. The second-order valence-corrected chi connectivity index (χ2v) is 7.30. The third kappa shape index (κ3) is 3.48. The molecular formula is C20H25N3O4. The zero-order chi connectivity index (χ0) is 19.7. The Balaban J connectivity index is 1.61. The number of benzene rings is 1. The molecule has 7 heteroatoms. The molecule has 1 aromatic carbocycles. The van der Waals surface area contributed by atoms with Gasteiger partial charge in [-0.25, -0.2) is 0 Å². The van der Waals surface area contributed by atoms with E-state index in [1.807, 2.05) is 20.8 Å². The van der Waals surface area contributed by atoms with Crippen molar-refractivity contribution in [3.05, 3.63) is 48.4 Å². The summed E-state index contributed by atoms with van der Waals surface area (Å²) in [6, 6.07) is 10.1. The van der Waals surface area contributed by atoms with Crippen LogP contribution in [-0.2, 0) is 9.53 Å². The minimum Gasteiger partial charge on any atom is -0.459 e. The van der Waals surface area contributed by atoms with Gasteiger partial charge >= 0.3 is 0 Å². The summed E-state index contributed by atoms with van der Waals surface area (Å²) in [6.45, 7) is 6.42. The summed E-state index contributed by atoms with van der Waals surface area (Å²) < 4.78 is 10.7. The Bertz CT molecular complexity index is 814. The number of nitrogens with one attached hydrogen (secondary N) is 2. The van der Waals surface area contributed by atoms with Gasteiger partial charge in [0.25, 0.3) is 5.91 Å². The van der Waals surface area contributed by atoms with Crippen molar-refractivity contribution in [2.24, 2.45) is 11.1 Å². The summed E-state index contributed by atoms with van der Waals surface area (Å²) in [5.74, 6) is -0.347. The monoisotopic (exact) mass is 371 g/mol. The predicted molar refractivity (Wildman–Crippen MR) is 102 cm³/mol. The predicted octanol–water partition coefficient (Wildman–Crippen LogP) is 3.00. The Labute approximate surface area is 158 Å². The van der Waals surface area contributed by atoms with Gasteiger partial charge < -0.3 is 25.5 Å². The van der Waals surface area contributed by atoms with Gasteiger partial charge in [0.2, 0.25) is 5.91 Å². The van der Waals surface area contributed by atoms with Gasteiger partial charge in [0, 0.05) is 29.8 Å². The lowest BCUT2D eigenvalue weighted by molar-refractivity contribution is -0.166. The molecule has 2 amide bonds. The number of amides is 2. The number of furan rings is 1.